The molecular weight excluding hydrogens is 234 g/mol. The monoisotopic (exact) mass is 255 g/mol. The molecule has 1 rings (SSSR count). The van der Waals surface area contributed by atoms with Crippen LogP contribution in [-0.4, -0.2) is 48.0 Å². The number of aromatic nitrogens is 2. The Bertz CT molecular complexity index is 347. The fourth-order valence-electron chi connectivity index (χ4n) is 1.38. The summed E-state index contributed by atoms with van der Waals surface area (Å²) in [7, 11) is 0. The van der Waals surface area contributed by atoms with Gasteiger partial charge in [0.25, 0.3) is 0 Å². The van der Waals surface area contributed by atoms with Gasteiger partial charge in [0, 0.05) is 24.9 Å². The van der Waals surface area contributed by atoms with Crippen molar-refractivity contribution in [3.05, 3.63) is 11.8 Å². The van der Waals surface area contributed by atoms with Gasteiger partial charge in [0.15, 0.2) is 0 Å². The van der Waals surface area contributed by atoms with E-state index in [-0.39, 0.29) is 6.61 Å². The van der Waals surface area contributed by atoms with Gasteiger partial charge in [0.05, 0.1) is 19.8 Å². The van der Waals surface area contributed by atoms with Gasteiger partial charge in [-0.15, -0.1) is 0 Å². The summed E-state index contributed by atoms with van der Waals surface area (Å²) >= 11 is 0. The van der Waals surface area contributed by atoms with Crippen molar-refractivity contribution >= 4 is 5.95 Å². The van der Waals surface area contributed by atoms with Crippen molar-refractivity contribution in [1.29, 1.82) is 0 Å². The van der Waals surface area contributed by atoms with Crippen molar-refractivity contribution < 1.29 is 14.6 Å². The van der Waals surface area contributed by atoms with Crippen molar-refractivity contribution in [1.82, 2.24) is 9.97 Å². The van der Waals surface area contributed by atoms with Crippen LogP contribution in [0.25, 0.3) is 0 Å². The number of nitrogens with one attached hydrogen (secondary N) is 1. The number of anilines is 1. The summed E-state index contributed by atoms with van der Waals surface area (Å²) in [5, 5.41) is 11.7. The minimum atomic E-state index is 0.0616. The van der Waals surface area contributed by atoms with Crippen molar-refractivity contribution in [3.8, 4) is 5.88 Å². The van der Waals surface area contributed by atoms with Crippen LogP contribution in [0.15, 0.2) is 6.07 Å². The van der Waals surface area contributed by atoms with Gasteiger partial charge >= 0.3 is 0 Å². The summed E-state index contributed by atoms with van der Waals surface area (Å²) in [4.78, 5) is 8.50. The van der Waals surface area contributed by atoms with E-state index >= 15 is 0 Å². The van der Waals surface area contributed by atoms with Crippen LogP contribution in [-0.2, 0) is 4.74 Å². The maximum Gasteiger partial charge on any atom is 0.226 e. The first-order valence-electron chi connectivity index (χ1n) is 6.17. The van der Waals surface area contributed by atoms with E-state index in [1.54, 1.807) is 6.07 Å². The lowest BCUT2D eigenvalue weighted by Crippen LogP contribution is -2.10. The van der Waals surface area contributed by atoms with Gasteiger partial charge in [-0.25, -0.2) is 4.98 Å². The van der Waals surface area contributed by atoms with Crippen LogP contribution < -0.4 is 10.1 Å². The third-order valence-electron chi connectivity index (χ3n) is 2.11. The SMILES string of the molecule is CCOc1cc(C)nc(NCCCOCCO)n1. The Morgan fingerprint density at radius 2 is 2.17 bits per heavy atom. The molecule has 0 unspecified atom stereocenters. The Morgan fingerprint density at radius 3 is 2.89 bits per heavy atom. The third kappa shape index (κ3) is 5.79. The summed E-state index contributed by atoms with van der Waals surface area (Å²) in [6.07, 6.45) is 0.835. The van der Waals surface area contributed by atoms with Crippen LogP contribution in [0.3, 0.4) is 0 Å². The fraction of sp³-hybridized carbons (Fsp3) is 0.667. The molecule has 6 nitrogen and oxygen atoms in total. The maximum absolute atomic E-state index is 8.54. The van der Waals surface area contributed by atoms with E-state index in [1.807, 2.05) is 13.8 Å². The number of hydrogen-bond donors (Lipinski definition) is 2. The Labute approximate surface area is 107 Å². The van der Waals surface area contributed by atoms with Gasteiger partial charge in [-0.2, -0.15) is 4.98 Å². The molecule has 0 saturated heterocycles. The quantitative estimate of drug-likeness (QED) is 0.641. The van der Waals surface area contributed by atoms with E-state index in [0.717, 1.165) is 18.7 Å². The molecule has 0 aromatic carbocycles. The van der Waals surface area contributed by atoms with Gasteiger partial charge in [-0.3, -0.25) is 0 Å². The van der Waals surface area contributed by atoms with Crippen LogP contribution in [0.4, 0.5) is 5.95 Å². The number of aliphatic hydroxyl groups is 1. The molecule has 0 saturated carbocycles. The van der Waals surface area contributed by atoms with Crippen molar-refractivity contribution in [3.63, 3.8) is 0 Å². The van der Waals surface area contributed by atoms with Crippen molar-refractivity contribution in [2.75, 3.05) is 38.3 Å². The number of rotatable bonds is 9. The highest BCUT2D eigenvalue weighted by molar-refractivity contribution is 5.30. The summed E-state index contributed by atoms with van der Waals surface area (Å²) in [5.74, 6) is 1.16. The number of nitrogens with zero attached hydrogens (tertiary/aromatic N) is 2. The lowest BCUT2D eigenvalue weighted by atomic mass is 10.4. The molecule has 0 bridgehead atoms. The second-order valence-corrected chi connectivity index (χ2v) is 3.72. The molecule has 0 radical (unpaired) electrons. The molecule has 102 valence electrons. The Morgan fingerprint density at radius 1 is 1.33 bits per heavy atom. The summed E-state index contributed by atoms with van der Waals surface area (Å²) in [6, 6.07) is 1.80. The highest BCUT2D eigenvalue weighted by Gasteiger charge is 2.02. The van der Waals surface area contributed by atoms with E-state index in [2.05, 4.69) is 15.3 Å². The standard InChI is InChI=1S/C12H21N3O3/c1-3-18-11-9-10(2)14-12(15-11)13-5-4-7-17-8-6-16/h9,16H,3-8H2,1-2H3,(H,13,14,15). The van der Waals surface area contributed by atoms with Crippen LogP contribution in [0.1, 0.15) is 19.0 Å². The molecule has 0 aliphatic rings. The zero-order valence-corrected chi connectivity index (χ0v) is 11.0. The molecule has 1 aromatic rings. The lowest BCUT2D eigenvalue weighted by molar-refractivity contribution is 0.0921. The average molecular weight is 255 g/mol. The normalized spacial score (nSPS) is 10.4. The topological polar surface area (TPSA) is 76.5 Å². The summed E-state index contributed by atoms with van der Waals surface area (Å²) < 4.78 is 10.5. The van der Waals surface area contributed by atoms with Gasteiger partial charge < -0.3 is 19.9 Å². The van der Waals surface area contributed by atoms with E-state index in [4.69, 9.17) is 14.6 Å². The Balaban J connectivity index is 2.32. The van der Waals surface area contributed by atoms with Crippen LogP contribution >= 0.6 is 0 Å². The molecule has 2 N–H and O–H groups in total. The molecule has 0 aliphatic heterocycles. The largest absolute Gasteiger partial charge is 0.478 e. The minimum Gasteiger partial charge on any atom is -0.478 e. The van der Waals surface area contributed by atoms with E-state index in [9.17, 15) is 0 Å². The second-order valence-electron chi connectivity index (χ2n) is 3.72. The predicted molar refractivity (Wildman–Crippen MR) is 68.9 cm³/mol. The molecular formula is C12H21N3O3. The number of aliphatic hydroxyl groups excluding tert-OH is 1. The first kappa shape index (κ1) is 14.7. The second kappa shape index (κ2) is 8.66. The van der Waals surface area contributed by atoms with Gasteiger partial charge in [-0.05, 0) is 20.3 Å². The van der Waals surface area contributed by atoms with E-state index in [1.165, 1.54) is 0 Å². The average Bonchev–Trinajstić information content (AvgIpc) is 2.33. The maximum atomic E-state index is 8.54. The van der Waals surface area contributed by atoms with Crippen molar-refractivity contribution in [2.24, 2.45) is 0 Å². The molecule has 0 atom stereocenters. The highest BCUT2D eigenvalue weighted by atomic mass is 16.5. The molecule has 1 heterocycles. The van der Waals surface area contributed by atoms with Crippen molar-refractivity contribution in [2.45, 2.75) is 20.3 Å². The summed E-state index contributed by atoms with van der Waals surface area (Å²) in [6.45, 7) is 6.19. The minimum absolute atomic E-state index is 0.0616. The van der Waals surface area contributed by atoms with E-state index < -0.39 is 0 Å². The molecule has 0 spiro atoms. The molecule has 0 fully saturated rings. The molecule has 1 aromatic heterocycles. The van der Waals surface area contributed by atoms with Gasteiger partial charge in [-0.1, -0.05) is 0 Å². The number of aryl methyl sites for hydroxylation is 1. The van der Waals surface area contributed by atoms with E-state index in [0.29, 0.717) is 31.6 Å². The van der Waals surface area contributed by atoms with Crippen LogP contribution in [0.5, 0.6) is 5.88 Å². The highest BCUT2D eigenvalue weighted by Crippen LogP contribution is 2.11. The smallest absolute Gasteiger partial charge is 0.226 e. The molecule has 0 amide bonds. The first-order chi connectivity index (χ1) is 8.76. The summed E-state index contributed by atoms with van der Waals surface area (Å²) in [5.41, 5.74) is 0.868. The van der Waals surface area contributed by atoms with Gasteiger partial charge in [0.2, 0.25) is 11.8 Å². The zero-order valence-electron chi connectivity index (χ0n) is 11.0. The lowest BCUT2D eigenvalue weighted by Gasteiger charge is -2.08. The molecule has 6 heteroatoms. The Kier molecular flexibility index (Phi) is 7.05. The predicted octanol–water partition coefficient (Wildman–Crippen LogP) is 0.995. The number of ether oxygens (including phenoxy) is 2. The molecule has 0 aliphatic carbocycles. The first-order valence-corrected chi connectivity index (χ1v) is 6.17. The van der Waals surface area contributed by atoms with Gasteiger partial charge in [0.1, 0.15) is 0 Å². The zero-order chi connectivity index (χ0) is 13.2. The third-order valence-corrected chi connectivity index (χ3v) is 2.11. The van der Waals surface area contributed by atoms with Crippen LogP contribution in [0.2, 0.25) is 0 Å². The Hall–Kier alpha value is -1.40. The fourth-order valence-corrected chi connectivity index (χ4v) is 1.38. The van der Waals surface area contributed by atoms with Crippen LogP contribution in [0, 0.1) is 6.92 Å². The number of hydrogen-bond acceptors (Lipinski definition) is 6. The molecule has 18 heavy (non-hydrogen) atoms.